The Hall–Kier alpha value is -1.12. The minimum absolute atomic E-state index is 0.0372. The molecule has 0 atom stereocenters. The van der Waals surface area contributed by atoms with E-state index in [2.05, 4.69) is 23.4 Å². The Morgan fingerprint density at radius 2 is 2.12 bits per heavy atom. The lowest BCUT2D eigenvalue weighted by molar-refractivity contribution is -0.128. The summed E-state index contributed by atoms with van der Waals surface area (Å²) in [6, 6.07) is 0. The minimum Gasteiger partial charge on any atom is -0.335 e. The van der Waals surface area contributed by atoms with Gasteiger partial charge in [0.05, 0.1) is 6.42 Å². The highest BCUT2D eigenvalue weighted by atomic mass is 16.1. The van der Waals surface area contributed by atoms with E-state index in [1.807, 2.05) is 6.20 Å². The summed E-state index contributed by atoms with van der Waals surface area (Å²) in [5, 5.41) is 0. The molecular weight excluding hydrogens is 212 g/mol. The summed E-state index contributed by atoms with van der Waals surface area (Å²) in [4.78, 5) is 16.8. The van der Waals surface area contributed by atoms with E-state index in [4.69, 9.17) is 0 Å². The van der Waals surface area contributed by atoms with Crippen molar-refractivity contribution in [2.45, 2.75) is 58.9 Å². The Bertz CT molecular complexity index is 389. The Balaban J connectivity index is 2.10. The fraction of sp³-hybridized carbons (Fsp3) is 0.714. The second-order valence-corrected chi connectivity index (χ2v) is 5.07. The average molecular weight is 234 g/mol. The van der Waals surface area contributed by atoms with Crippen LogP contribution in [0.3, 0.4) is 0 Å². The third kappa shape index (κ3) is 2.28. The predicted molar refractivity (Wildman–Crippen MR) is 67.8 cm³/mol. The van der Waals surface area contributed by atoms with Crippen LogP contribution in [0.2, 0.25) is 0 Å². The fourth-order valence-corrected chi connectivity index (χ4v) is 3.01. The number of nitrogens with zero attached hydrogens (tertiary/aromatic N) is 2. The number of ketones is 1. The van der Waals surface area contributed by atoms with Crippen LogP contribution >= 0.6 is 0 Å². The first-order valence-electron chi connectivity index (χ1n) is 6.75. The highest BCUT2D eigenvalue weighted by Crippen LogP contribution is 2.42. The second kappa shape index (κ2) is 5.03. The van der Waals surface area contributed by atoms with Gasteiger partial charge in [0.25, 0.3) is 0 Å². The molecule has 0 radical (unpaired) electrons. The lowest BCUT2D eigenvalue weighted by atomic mass is 9.78. The van der Waals surface area contributed by atoms with Crippen LogP contribution in [0.1, 0.15) is 51.8 Å². The van der Waals surface area contributed by atoms with Crippen molar-refractivity contribution in [1.29, 1.82) is 0 Å². The second-order valence-electron chi connectivity index (χ2n) is 5.07. The monoisotopic (exact) mass is 234 g/mol. The number of hydrogen-bond acceptors (Lipinski definition) is 2. The molecule has 0 spiro atoms. The SMILES string of the molecule is CCn1ccnc1CC(=O)C1(CC)CCCC1. The number of imidazole rings is 1. The topological polar surface area (TPSA) is 34.9 Å². The van der Waals surface area contributed by atoms with Crippen LogP contribution in [0.25, 0.3) is 0 Å². The lowest BCUT2D eigenvalue weighted by Gasteiger charge is -2.25. The van der Waals surface area contributed by atoms with Gasteiger partial charge in [0.1, 0.15) is 11.6 Å². The van der Waals surface area contributed by atoms with Crippen molar-refractivity contribution in [2.24, 2.45) is 5.41 Å². The van der Waals surface area contributed by atoms with Crippen molar-refractivity contribution in [2.75, 3.05) is 0 Å². The van der Waals surface area contributed by atoms with Gasteiger partial charge in [0.2, 0.25) is 0 Å². The van der Waals surface area contributed by atoms with E-state index in [-0.39, 0.29) is 5.41 Å². The summed E-state index contributed by atoms with van der Waals surface area (Å²) >= 11 is 0. The molecule has 0 unspecified atom stereocenters. The number of rotatable bonds is 5. The van der Waals surface area contributed by atoms with E-state index in [1.54, 1.807) is 6.20 Å². The zero-order chi connectivity index (χ0) is 12.3. The summed E-state index contributed by atoms with van der Waals surface area (Å²) in [5.74, 6) is 1.33. The van der Waals surface area contributed by atoms with Gasteiger partial charge >= 0.3 is 0 Å². The normalized spacial score (nSPS) is 18.5. The molecule has 1 fully saturated rings. The van der Waals surface area contributed by atoms with Gasteiger partial charge in [-0.2, -0.15) is 0 Å². The van der Waals surface area contributed by atoms with Crippen molar-refractivity contribution < 1.29 is 4.79 Å². The molecular formula is C14H22N2O. The molecule has 0 saturated heterocycles. The van der Waals surface area contributed by atoms with Crippen molar-refractivity contribution in [1.82, 2.24) is 9.55 Å². The van der Waals surface area contributed by atoms with Gasteiger partial charge in [-0.15, -0.1) is 0 Å². The van der Waals surface area contributed by atoms with E-state index in [1.165, 1.54) is 12.8 Å². The Morgan fingerprint density at radius 1 is 1.41 bits per heavy atom. The van der Waals surface area contributed by atoms with Crippen molar-refractivity contribution in [3.05, 3.63) is 18.2 Å². The standard InChI is InChI=1S/C14H22N2O/c1-3-14(7-5-6-8-14)12(17)11-13-15-9-10-16(13)4-2/h9-10H,3-8,11H2,1-2H3. The maximum atomic E-state index is 12.5. The summed E-state index contributed by atoms with van der Waals surface area (Å²) in [6.45, 7) is 5.12. The predicted octanol–water partition coefficient (Wildman–Crippen LogP) is 2.99. The van der Waals surface area contributed by atoms with E-state index in [0.29, 0.717) is 12.2 Å². The van der Waals surface area contributed by atoms with Gasteiger partial charge in [-0.25, -0.2) is 4.98 Å². The van der Waals surface area contributed by atoms with Crippen LogP contribution in [0, 0.1) is 5.41 Å². The van der Waals surface area contributed by atoms with Gasteiger partial charge < -0.3 is 4.57 Å². The van der Waals surface area contributed by atoms with Crippen LogP contribution in [0.5, 0.6) is 0 Å². The molecule has 1 aromatic heterocycles. The molecule has 3 heteroatoms. The Kier molecular flexibility index (Phi) is 3.65. The van der Waals surface area contributed by atoms with Gasteiger partial charge in [-0.3, -0.25) is 4.79 Å². The van der Waals surface area contributed by atoms with Gasteiger partial charge in [-0.05, 0) is 26.2 Å². The van der Waals surface area contributed by atoms with E-state index < -0.39 is 0 Å². The molecule has 1 aliphatic rings. The average Bonchev–Trinajstić information content (AvgIpc) is 2.97. The zero-order valence-corrected chi connectivity index (χ0v) is 10.9. The maximum absolute atomic E-state index is 12.5. The quantitative estimate of drug-likeness (QED) is 0.785. The zero-order valence-electron chi connectivity index (χ0n) is 10.9. The van der Waals surface area contributed by atoms with Gasteiger partial charge in [0.15, 0.2) is 0 Å². The van der Waals surface area contributed by atoms with Gasteiger partial charge in [-0.1, -0.05) is 19.8 Å². The first-order valence-corrected chi connectivity index (χ1v) is 6.75. The summed E-state index contributed by atoms with van der Waals surface area (Å²) in [7, 11) is 0. The molecule has 1 saturated carbocycles. The molecule has 1 heterocycles. The Labute approximate surface area is 103 Å². The third-order valence-electron chi connectivity index (χ3n) is 4.29. The summed E-state index contributed by atoms with van der Waals surface area (Å²) in [6.07, 6.45) is 9.82. The van der Waals surface area contributed by atoms with E-state index in [9.17, 15) is 4.79 Å². The molecule has 0 amide bonds. The molecule has 0 N–H and O–H groups in total. The van der Waals surface area contributed by atoms with Crippen LogP contribution in [0.15, 0.2) is 12.4 Å². The summed E-state index contributed by atoms with van der Waals surface area (Å²) in [5.41, 5.74) is -0.0372. The van der Waals surface area contributed by atoms with Crippen molar-refractivity contribution >= 4 is 5.78 Å². The molecule has 17 heavy (non-hydrogen) atoms. The first kappa shape index (κ1) is 12.3. The minimum atomic E-state index is -0.0372. The molecule has 1 aliphatic carbocycles. The van der Waals surface area contributed by atoms with Crippen molar-refractivity contribution in [3.63, 3.8) is 0 Å². The Morgan fingerprint density at radius 3 is 2.71 bits per heavy atom. The molecule has 1 aromatic rings. The first-order chi connectivity index (χ1) is 8.22. The van der Waals surface area contributed by atoms with E-state index >= 15 is 0 Å². The number of aryl methyl sites for hydroxylation is 1. The molecule has 0 bridgehead atoms. The van der Waals surface area contributed by atoms with Crippen LogP contribution < -0.4 is 0 Å². The molecule has 0 aliphatic heterocycles. The number of Topliss-reactive ketones (excluding diaryl/α,β-unsaturated/α-hetero) is 1. The molecule has 3 nitrogen and oxygen atoms in total. The largest absolute Gasteiger partial charge is 0.335 e. The molecule has 0 aromatic carbocycles. The number of carbonyl (C=O) groups is 1. The van der Waals surface area contributed by atoms with Gasteiger partial charge in [0, 0.05) is 24.4 Å². The number of carbonyl (C=O) groups excluding carboxylic acids is 1. The molecule has 2 rings (SSSR count). The molecule has 94 valence electrons. The highest BCUT2D eigenvalue weighted by molar-refractivity contribution is 5.86. The fourth-order valence-electron chi connectivity index (χ4n) is 3.01. The summed E-state index contributed by atoms with van der Waals surface area (Å²) < 4.78 is 2.07. The smallest absolute Gasteiger partial charge is 0.146 e. The maximum Gasteiger partial charge on any atom is 0.146 e. The van der Waals surface area contributed by atoms with Crippen LogP contribution in [-0.4, -0.2) is 15.3 Å². The number of hydrogen-bond donors (Lipinski definition) is 0. The van der Waals surface area contributed by atoms with E-state index in [0.717, 1.165) is 31.6 Å². The third-order valence-corrected chi connectivity index (χ3v) is 4.29. The van der Waals surface area contributed by atoms with Crippen LogP contribution in [0.4, 0.5) is 0 Å². The lowest BCUT2D eigenvalue weighted by Crippen LogP contribution is -2.29. The highest BCUT2D eigenvalue weighted by Gasteiger charge is 2.39. The van der Waals surface area contributed by atoms with Crippen molar-refractivity contribution in [3.8, 4) is 0 Å². The van der Waals surface area contributed by atoms with Crippen LogP contribution in [-0.2, 0) is 17.8 Å². The number of aromatic nitrogens is 2.